The van der Waals surface area contributed by atoms with Gasteiger partial charge in [0.05, 0.1) is 22.0 Å². The molecule has 0 fully saturated rings. The van der Waals surface area contributed by atoms with E-state index in [0.717, 1.165) is 16.1 Å². The van der Waals surface area contributed by atoms with Gasteiger partial charge in [-0.25, -0.2) is 8.42 Å². The largest absolute Gasteiger partial charge is 0.352 e. The van der Waals surface area contributed by atoms with E-state index >= 15 is 0 Å². The Kier molecular flexibility index (Phi) is 11.8. The van der Waals surface area contributed by atoms with Gasteiger partial charge in [0.1, 0.15) is 12.6 Å². The summed E-state index contributed by atoms with van der Waals surface area (Å²) < 4.78 is 26.7. The second kappa shape index (κ2) is 14.6. The van der Waals surface area contributed by atoms with Crippen molar-refractivity contribution in [3.05, 3.63) is 97.9 Å². The lowest BCUT2D eigenvalue weighted by atomic mass is 10.0. The van der Waals surface area contributed by atoms with Crippen LogP contribution >= 0.6 is 46.4 Å². The van der Waals surface area contributed by atoms with Crippen LogP contribution in [-0.2, 0) is 32.6 Å². The van der Waals surface area contributed by atoms with Gasteiger partial charge in [0, 0.05) is 29.1 Å². The van der Waals surface area contributed by atoms with Gasteiger partial charge in [-0.2, -0.15) is 0 Å². The maximum atomic E-state index is 14.1. The van der Waals surface area contributed by atoms with Gasteiger partial charge in [0.2, 0.25) is 21.8 Å². The summed E-state index contributed by atoms with van der Waals surface area (Å²) in [6.45, 7) is 3.09. The van der Waals surface area contributed by atoms with Crippen LogP contribution in [0.3, 0.4) is 0 Å². The van der Waals surface area contributed by atoms with Crippen molar-refractivity contribution in [3.63, 3.8) is 0 Å². The van der Waals surface area contributed by atoms with Crippen LogP contribution in [0.15, 0.2) is 66.7 Å². The molecule has 3 aromatic carbocycles. The van der Waals surface area contributed by atoms with Crippen molar-refractivity contribution in [2.24, 2.45) is 0 Å². The van der Waals surface area contributed by atoms with E-state index in [9.17, 15) is 18.0 Å². The molecule has 2 atom stereocenters. The number of hydrogen-bond donors (Lipinski definition) is 1. The summed E-state index contributed by atoms with van der Waals surface area (Å²) in [5, 5.41) is 3.79. The molecule has 0 aromatic heterocycles. The highest BCUT2D eigenvalue weighted by molar-refractivity contribution is 7.92. The molecule has 0 saturated heterocycles. The number of carbonyl (C=O) groups excluding carboxylic acids is 2. The third-order valence-corrected chi connectivity index (χ3v) is 9.03. The van der Waals surface area contributed by atoms with Gasteiger partial charge < -0.3 is 10.2 Å². The van der Waals surface area contributed by atoms with Gasteiger partial charge in [-0.15, -0.1) is 0 Å². The second-order valence-electron chi connectivity index (χ2n) is 9.62. The van der Waals surface area contributed by atoms with Crippen molar-refractivity contribution in [2.45, 2.75) is 45.3 Å². The van der Waals surface area contributed by atoms with Gasteiger partial charge in [0.25, 0.3) is 0 Å². The first-order valence-electron chi connectivity index (χ1n) is 12.8. The Morgan fingerprint density at radius 1 is 0.927 bits per heavy atom. The van der Waals surface area contributed by atoms with Crippen LogP contribution in [0.25, 0.3) is 0 Å². The number of benzene rings is 3. The van der Waals surface area contributed by atoms with Crippen LogP contribution in [-0.4, -0.2) is 50.0 Å². The molecule has 3 aromatic rings. The Morgan fingerprint density at radius 3 is 2.22 bits per heavy atom. The zero-order valence-corrected chi connectivity index (χ0v) is 26.6. The van der Waals surface area contributed by atoms with E-state index < -0.39 is 28.5 Å². The molecule has 0 heterocycles. The Labute approximate surface area is 261 Å². The summed E-state index contributed by atoms with van der Waals surface area (Å²) in [6, 6.07) is 17.4. The number of anilines is 1. The van der Waals surface area contributed by atoms with E-state index in [4.69, 9.17) is 46.4 Å². The highest BCUT2D eigenvalue weighted by Gasteiger charge is 2.34. The zero-order valence-electron chi connectivity index (χ0n) is 22.8. The molecule has 0 saturated carbocycles. The molecule has 220 valence electrons. The van der Waals surface area contributed by atoms with E-state index in [1.54, 1.807) is 18.2 Å². The molecule has 0 radical (unpaired) electrons. The molecular formula is C29H31Cl4N3O4S. The van der Waals surface area contributed by atoms with Gasteiger partial charge in [0.15, 0.2) is 0 Å². The molecule has 41 heavy (non-hydrogen) atoms. The molecule has 3 rings (SSSR count). The summed E-state index contributed by atoms with van der Waals surface area (Å²) in [7, 11) is -4.00. The quantitative estimate of drug-likeness (QED) is 0.237. The average molecular weight is 659 g/mol. The third-order valence-electron chi connectivity index (χ3n) is 6.51. The van der Waals surface area contributed by atoms with Gasteiger partial charge >= 0.3 is 0 Å². The Hall–Kier alpha value is -2.49. The highest BCUT2D eigenvalue weighted by atomic mass is 35.5. The maximum absolute atomic E-state index is 14.1. The van der Waals surface area contributed by atoms with E-state index in [2.05, 4.69) is 5.32 Å². The van der Waals surface area contributed by atoms with Crippen LogP contribution in [0.2, 0.25) is 20.1 Å². The Balaban J connectivity index is 2.12. The topological polar surface area (TPSA) is 86.8 Å². The van der Waals surface area contributed by atoms with Crippen LogP contribution in [0.5, 0.6) is 0 Å². The number of amides is 2. The van der Waals surface area contributed by atoms with Crippen molar-refractivity contribution < 1.29 is 18.0 Å². The molecule has 0 spiro atoms. The molecule has 12 heteroatoms. The monoisotopic (exact) mass is 657 g/mol. The minimum absolute atomic E-state index is 0.0185. The van der Waals surface area contributed by atoms with E-state index in [0.29, 0.717) is 22.0 Å². The number of nitrogens with zero attached hydrogens (tertiary/aromatic N) is 2. The summed E-state index contributed by atoms with van der Waals surface area (Å²) in [5.74, 6) is -1.02. The second-order valence-corrected chi connectivity index (χ2v) is 13.2. The van der Waals surface area contributed by atoms with Gasteiger partial charge in [-0.3, -0.25) is 13.9 Å². The Bertz CT molecular complexity index is 1490. The van der Waals surface area contributed by atoms with Crippen molar-refractivity contribution in [2.75, 3.05) is 17.1 Å². The fraction of sp³-hybridized carbons (Fsp3) is 0.310. The standard InChI is InChI=1S/C29H31Cl4N3O4S/c1-4-19(2)34-29(38)26(15-20-9-6-5-7-10-20)35(17-21-13-14-22(30)16-24(21)32)27(37)18-36(41(3,39)40)25-12-8-11-23(31)28(25)33/h5-14,16,19,26H,4,15,17-18H2,1-3H3,(H,34,38). The molecule has 0 bridgehead atoms. The summed E-state index contributed by atoms with van der Waals surface area (Å²) in [4.78, 5) is 29.2. The van der Waals surface area contributed by atoms with E-state index in [-0.39, 0.29) is 40.6 Å². The highest BCUT2D eigenvalue weighted by Crippen LogP contribution is 2.34. The van der Waals surface area contributed by atoms with Crippen molar-refractivity contribution in [1.29, 1.82) is 0 Å². The van der Waals surface area contributed by atoms with Crippen molar-refractivity contribution in [1.82, 2.24) is 10.2 Å². The minimum Gasteiger partial charge on any atom is -0.352 e. The van der Waals surface area contributed by atoms with Gasteiger partial charge in [-0.05, 0) is 48.7 Å². The first-order valence-corrected chi connectivity index (χ1v) is 16.2. The lowest BCUT2D eigenvalue weighted by Crippen LogP contribution is -2.54. The molecule has 0 aliphatic carbocycles. The third kappa shape index (κ3) is 9.00. The molecular weight excluding hydrogens is 628 g/mol. The lowest BCUT2D eigenvalue weighted by molar-refractivity contribution is -0.140. The Morgan fingerprint density at radius 2 is 1.61 bits per heavy atom. The summed E-state index contributed by atoms with van der Waals surface area (Å²) >= 11 is 25.1. The molecule has 2 amide bonds. The number of sulfonamides is 1. The molecule has 0 aliphatic heterocycles. The fourth-order valence-electron chi connectivity index (χ4n) is 4.11. The summed E-state index contributed by atoms with van der Waals surface area (Å²) in [5.41, 5.74) is 1.39. The number of carbonyl (C=O) groups is 2. The van der Waals surface area contributed by atoms with Gasteiger partial charge in [-0.1, -0.05) is 95.8 Å². The molecule has 7 nitrogen and oxygen atoms in total. The van der Waals surface area contributed by atoms with E-state index in [1.165, 1.54) is 23.1 Å². The number of nitrogens with one attached hydrogen (secondary N) is 1. The van der Waals surface area contributed by atoms with Crippen LogP contribution in [0, 0.1) is 0 Å². The van der Waals surface area contributed by atoms with Crippen LogP contribution < -0.4 is 9.62 Å². The predicted octanol–water partition coefficient (Wildman–Crippen LogP) is 6.62. The number of rotatable bonds is 12. The molecule has 2 unspecified atom stereocenters. The predicted molar refractivity (Wildman–Crippen MR) is 167 cm³/mol. The normalized spacial score (nSPS) is 12.9. The zero-order chi connectivity index (χ0) is 30.3. The molecule has 0 aliphatic rings. The maximum Gasteiger partial charge on any atom is 0.244 e. The number of halogens is 4. The lowest BCUT2D eigenvalue weighted by Gasteiger charge is -2.34. The summed E-state index contributed by atoms with van der Waals surface area (Å²) in [6.07, 6.45) is 1.82. The van der Waals surface area contributed by atoms with Crippen molar-refractivity contribution in [3.8, 4) is 0 Å². The minimum atomic E-state index is -4.00. The van der Waals surface area contributed by atoms with Crippen molar-refractivity contribution >= 4 is 73.9 Å². The molecule has 1 N–H and O–H groups in total. The SMILES string of the molecule is CCC(C)NC(=O)C(Cc1ccccc1)N(Cc1ccc(Cl)cc1Cl)C(=O)CN(c1cccc(Cl)c1Cl)S(C)(=O)=O. The first-order chi connectivity index (χ1) is 19.3. The smallest absolute Gasteiger partial charge is 0.244 e. The fourth-order valence-corrected chi connectivity index (χ4v) is 5.88. The average Bonchev–Trinajstić information content (AvgIpc) is 2.91. The van der Waals surface area contributed by atoms with Crippen LogP contribution in [0.1, 0.15) is 31.4 Å². The van der Waals surface area contributed by atoms with Crippen LogP contribution in [0.4, 0.5) is 5.69 Å². The number of hydrogen-bond acceptors (Lipinski definition) is 4. The first kappa shape index (κ1) is 33.0. The van der Waals surface area contributed by atoms with E-state index in [1.807, 2.05) is 44.2 Å².